The molecule has 2 atom stereocenters. The third kappa shape index (κ3) is 5.51. The monoisotopic (exact) mass is 477 g/mol. The van der Waals surface area contributed by atoms with Crippen LogP contribution in [0.1, 0.15) is 55.2 Å². The fourth-order valence-corrected chi connectivity index (χ4v) is 5.17. The van der Waals surface area contributed by atoms with Gasteiger partial charge in [0, 0.05) is 36.3 Å². The third-order valence-electron chi connectivity index (χ3n) is 5.62. The van der Waals surface area contributed by atoms with Crippen LogP contribution < -0.4 is 10.0 Å². The minimum atomic E-state index is -2.34. The second-order valence-electron chi connectivity index (χ2n) is 7.89. The molecule has 32 heavy (non-hydrogen) atoms. The lowest BCUT2D eigenvalue weighted by Gasteiger charge is -2.15. The largest absolute Gasteiger partial charge is 0.760 e. The summed E-state index contributed by atoms with van der Waals surface area (Å²) >= 11 is -0.863. The number of anilines is 1. The van der Waals surface area contributed by atoms with Crippen molar-refractivity contribution in [2.75, 3.05) is 18.9 Å². The maximum Gasteiger partial charge on any atom is 0.175 e. The number of aromatic nitrogens is 2. The molecule has 0 saturated heterocycles. The first-order valence-corrected chi connectivity index (χ1v) is 12.6. The maximum atomic E-state index is 14.3. The van der Waals surface area contributed by atoms with Crippen LogP contribution in [0.4, 0.5) is 10.2 Å². The molecule has 9 heteroatoms. The molecule has 6 nitrogen and oxygen atoms in total. The van der Waals surface area contributed by atoms with Gasteiger partial charge in [-0.25, -0.2) is 14.1 Å². The van der Waals surface area contributed by atoms with Gasteiger partial charge in [0.15, 0.2) is 5.16 Å². The van der Waals surface area contributed by atoms with Crippen molar-refractivity contribution in [2.45, 2.75) is 62.8 Å². The number of nitrogens with one attached hydrogen (secondary N) is 2. The number of imidazole rings is 1. The second kappa shape index (κ2) is 10.8. The molecule has 1 aliphatic carbocycles. The number of allylic oxidation sites excluding steroid dienone is 3. The molecule has 0 radical (unpaired) electrons. The van der Waals surface area contributed by atoms with Crippen LogP contribution >= 0.6 is 11.8 Å². The predicted molar refractivity (Wildman–Crippen MR) is 129 cm³/mol. The van der Waals surface area contributed by atoms with Gasteiger partial charge in [0.2, 0.25) is 0 Å². The molecule has 0 amide bonds. The van der Waals surface area contributed by atoms with E-state index in [2.05, 4.69) is 29.6 Å². The Labute approximate surface area is 196 Å². The summed E-state index contributed by atoms with van der Waals surface area (Å²) in [7, 11) is 1.82. The van der Waals surface area contributed by atoms with Crippen LogP contribution in [0.25, 0.3) is 5.57 Å². The van der Waals surface area contributed by atoms with Crippen molar-refractivity contribution >= 4 is 34.4 Å². The number of nitrogens with zero attached hydrogens (tertiary/aromatic N) is 2. The minimum Gasteiger partial charge on any atom is -0.760 e. The molecule has 174 valence electrons. The van der Waals surface area contributed by atoms with Gasteiger partial charge < -0.3 is 14.4 Å². The minimum absolute atomic E-state index is 0.230. The zero-order chi connectivity index (χ0) is 23.4. The van der Waals surface area contributed by atoms with E-state index in [-0.39, 0.29) is 6.54 Å². The SMILES string of the molecule is C=C(/C=C(/C)c1nc(Sc2cc3c(cc2C)CCC3F)n(CCNS(=O)[O-])c1NC)CC. The zero-order valence-corrected chi connectivity index (χ0v) is 20.6. The number of hydrogen-bond acceptors (Lipinski definition) is 5. The molecule has 1 aliphatic rings. The highest BCUT2D eigenvalue weighted by Gasteiger charge is 2.25. The standard InChI is InChI=1S/C23H31FN4O2S2/c1-6-14(2)11-16(4)21-22(25-5)28(10-9-26-32(29)30)23(27-21)31-20-13-18-17(12-15(20)3)7-8-19(18)24/h11-13,19,25-26H,2,6-10H2,1,3-5H3,(H,29,30)/p-1/b16-11-. The lowest BCUT2D eigenvalue weighted by Crippen LogP contribution is -2.22. The maximum absolute atomic E-state index is 14.3. The third-order valence-corrected chi connectivity index (χ3v) is 7.21. The van der Waals surface area contributed by atoms with Crippen molar-refractivity contribution in [2.24, 2.45) is 0 Å². The molecule has 0 fully saturated rings. The van der Waals surface area contributed by atoms with E-state index in [9.17, 15) is 13.2 Å². The van der Waals surface area contributed by atoms with Crippen LogP contribution in [0.15, 0.2) is 40.4 Å². The van der Waals surface area contributed by atoms with E-state index in [1.54, 1.807) is 0 Å². The van der Waals surface area contributed by atoms with E-state index >= 15 is 0 Å². The van der Waals surface area contributed by atoms with Gasteiger partial charge >= 0.3 is 0 Å². The average molecular weight is 478 g/mol. The summed E-state index contributed by atoms with van der Waals surface area (Å²) in [5, 5.41) is 3.94. The van der Waals surface area contributed by atoms with Gasteiger partial charge in [0.05, 0.1) is 0 Å². The highest BCUT2D eigenvalue weighted by molar-refractivity contribution is 7.99. The molecule has 2 aromatic rings. The van der Waals surface area contributed by atoms with Crippen LogP contribution in [0.5, 0.6) is 0 Å². The van der Waals surface area contributed by atoms with Crippen LogP contribution in [0, 0.1) is 6.92 Å². The quantitative estimate of drug-likeness (QED) is 0.368. The van der Waals surface area contributed by atoms with Crippen molar-refractivity contribution in [1.82, 2.24) is 14.3 Å². The number of alkyl halides is 1. The summed E-state index contributed by atoms with van der Waals surface area (Å²) in [6.07, 6.45) is 3.24. The molecular weight excluding hydrogens is 447 g/mol. The highest BCUT2D eigenvalue weighted by Crippen LogP contribution is 2.41. The number of halogens is 1. The number of fused-ring (bicyclic) bond motifs is 1. The molecule has 1 heterocycles. The van der Waals surface area contributed by atoms with E-state index in [0.29, 0.717) is 18.1 Å². The Kier molecular flexibility index (Phi) is 8.32. The Morgan fingerprint density at radius 2 is 2.25 bits per heavy atom. The van der Waals surface area contributed by atoms with Crippen LogP contribution in [0.2, 0.25) is 0 Å². The zero-order valence-electron chi connectivity index (χ0n) is 19.0. The van der Waals surface area contributed by atoms with E-state index in [4.69, 9.17) is 4.98 Å². The first kappa shape index (κ1) is 24.7. The fourth-order valence-electron chi connectivity index (χ4n) is 3.88. The summed E-state index contributed by atoms with van der Waals surface area (Å²) in [6.45, 7) is 10.8. The summed E-state index contributed by atoms with van der Waals surface area (Å²) in [4.78, 5) is 5.85. The molecule has 2 N–H and O–H groups in total. The Bertz CT molecular complexity index is 1060. The number of hydrogen-bond donors (Lipinski definition) is 2. The van der Waals surface area contributed by atoms with Gasteiger partial charge in [-0.2, -0.15) is 0 Å². The predicted octanol–water partition coefficient (Wildman–Crippen LogP) is 5.09. The van der Waals surface area contributed by atoms with E-state index in [0.717, 1.165) is 57.1 Å². The van der Waals surface area contributed by atoms with Crippen LogP contribution in [-0.4, -0.2) is 31.9 Å². The Balaban J connectivity index is 2.03. The number of benzene rings is 1. The molecule has 0 saturated carbocycles. The lowest BCUT2D eigenvalue weighted by molar-refractivity contribution is 0.343. The smallest absolute Gasteiger partial charge is 0.175 e. The highest BCUT2D eigenvalue weighted by atomic mass is 32.2. The fraction of sp³-hybridized carbons (Fsp3) is 0.435. The Hall–Kier alpha value is -1.94. The molecule has 0 aliphatic heterocycles. The normalized spacial score (nSPS) is 16.8. The van der Waals surface area contributed by atoms with Crippen molar-refractivity contribution in [3.63, 3.8) is 0 Å². The first-order chi connectivity index (χ1) is 15.2. The van der Waals surface area contributed by atoms with Gasteiger partial charge in [-0.05, 0) is 61.4 Å². The van der Waals surface area contributed by atoms with Gasteiger partial charge in [-0.15, -0.1) is 0 Å². The Morgan fingerprint density at radius 3 is 2.91 bits per heavy atom. The van der Waals surface area contributed by atoms with E-state index < -0.39 is 17.4 Å². The van der Waals surface area contributed by atoms with Crippen LogP contribution in [-0.2, 0) is 24.2 Å². The molecule has 1 aromatic heterocycles. The lowest BCUT2D eigenvalue weighted by atomic mass is 10.1. The van der Waals surface area contributed by atoms with Gasteiger partial charge in [0.1, 0.15) is 17.7 Å². The molecule has 2 unspecified atom stereocenters. The van der Waals surface area contributed by atoms with E-state index in [1.807, 2.05) is 37.6 Å². The van der Waals surface area contributed by atoms with Crippen molar-refractivity contribution in [1.29, 1.82) is 0 Å². The average Bonchev–Trinajstić information content (AvgIpc) is 3.28. The van der Waals surface area contributed by atoms with Crippen molar-refractivity contribution in [3.05, 3.63) is 52.7 Å². The molecule has 0 spiro atoms. The van der Waals surface area contributed by atoms with Crippen molar-refractivity contribution < 1.29 is 13.2 Å². The molecule has 1 aromatic carbocycles. The summed E-state index contributed by atoms with van der Waals surface area (Å²) in [6, 6.07) is 4.01. The van der Waals surface area contributed by atoms with Gasteiger partial charge in [-0.3, -0.25) is 4.21 Å². The summed E-state index contributed by atoms with van der Waals surface area (Å²) in [5.41, 5.74) is 5.68. The van der Waals surface area contributed by atoms with Gasteiger partial charge in [-0.1, -0.05) is 43.0 Å². The topological polar surface area (TPSA) is 82.0 Å². The first-order valence-electron chi connectivity index (χ1n) is 10.7. The number of aryl methyl sites for hydroxylation is 2. The van der Waals surface area contributed by atoms with Gasteiger partial charge in [0.25, 0.3) is 0 Å². The van der Waals surface area contributed by atoms with Crippen LogP contribution in [0.3, 0.4) is 0 Å². The molecular formula is C23H30FN4O2S2-. The summed E-state index contributed by atoms with van der Waals surface area (Å²) < 4.78 is 40.7. The molecule has 0 bridgehead atoms. The number of rotatable bonds is 10. The van der Waals surface area contributed by atoms with Crippen molar-refractivity contribution in [3.8, 4) is 0 Å². The summed E-state index contributed by atoms with van der Waals surface area (Å²) in [5.74, 6) is 0.797. The second-order valence-corrected chi connectivity index (χ2v) is 9.65. The molecule has 3 rings (SSSR count). The van der Waals surface area contributed by atoms with E-state index in [1.165, 1.54) is 11.8 Å². The Morgan fingerprint density at radius 1 is 1.50 bits per heavy atom.